The molecule has 0 aliphatic heterocycles. The van der Waals surface area contributed by atoms with Crippen LogP contribution in [0.3, 0.4) is 0 Å². The van der Waals surface area contributed by atoms with Crippen LogP contribution in [0.15, 0.2) is 66.7 Å². The lowest BCUT2D eigenvalue weighted by Gasteiger charge is -2.10. The number of carbonyl (C=O) groups is 1. The average molecular weight is 362 g/mol. The molecule has 3 N–H and O–H groups in total. The van der Waals surface area contributed by atoms with Crippen LogP contribution in [0.2, 0.25) is 0 Å². The number of fused-ring (bicyclic) bond motifs is 1. The van der Waals surface area contributed by atoms with Crippen LogP contribution in [0.1, 0.15) is 11.1 Å². The van der Waals surface area contributed by atoms with E-state index in [0.717, 1.165) is 21.9 Å². The summed E-state index contributed by atoms with van der Waals surface area (Å²) in [5, 5.41) is 17.5. The van der Waals surface area contributed by atoms with E-state index >= 15 is 0 Å². The highest BCUT2D eigenvalue weighted by Crippen LogP contribution is 2.23. The molecule has 0 saturated heterocycles. The van der Waals surface area contributed by atoms with Crippen LogP contribution in [0.5, 0.6) is 5.75 Å². The topological polar surface area (TPSA) is 61.4 Å². The Morgan fingerprint density at radius 3 is 2.69 bits per heavy atom. The third kappa shape index (κ3) is 4.26. The van der Waals surface area contributed by atoms with Gasteiger partial charge in [0, 0.05) is 6.08 Å². The molecule has 0 aliphatic carbocycles. The van der Waals surface area contributed by atoms with E-state index in [1.807, 2.05) is 49.4 Å². The first-order valence-corrected chi connectivity index (χ1v) is 8.51. The predicted octanol–water partition coefficient (Wildman–Crippen LogP) is 4.38. The van der Waals surface area contributed by atoms with E-state index in [4.69, 9.17) is 12.2 Å². The minimum absolute atomic E-state index is 0.0681. The Kier molecular flexibility index (Phi) is 5.29. The molecule has 3 rings (SSSR count). The van der Waals surface area contributed by atoms with Crippen molar-refractivity contribution in [1.82, 2.24) is 5.32 Å². The summed E-state index contributed by atoms with van der Waals surface area (Å²) in [6.45, 7) is 1.90. The Balaban J connectivity index is 1.67. The number of phenols is 1. The van der Waals surface area contributed by atoms with Crippen molar-refractivity contribution in [2.75, 3.05) is 5.32 Å². The fourth-order valence-corrected chi connectivity index (χ4v) is 2.83. The highest BCUT2D eigenvalue weighted by atomic mass is 32.1. The number of phenolic OH excluding ortho intramolecular Hbond substituents is 1. The van der Waals surface area contributed by atoms with Crippen molar-refractivity contribution >= 4 is 45.8 Å². The largest absolute Gasteiger partial charge is 0.506 e. The van der Waals surface area contributed by atoms with Crippen LogP contribution in [0, 0.1) is 6.92 Å². The van der Waals surface area contributed by atoms with Gasteiger partial charge in [0.1, 0.15) is 5.75 Å². The molecule has 3 aromatic rings. The summed E-state index contributed by atoms with van der Waals surface area (Å²) in [5.41, 5.74) is 2.37. The highest BCUT2D eigenvalue weighted by Gasteiger charge is 2.06. The van der Waals surface area contributed by atoms with Gasteiger partial charge in [-0.1, -0.05) is 48.5 Å². The van der Waals surface area contributed by atoms with Crippen molar-refractivity contribution in [2.24, 2.45) is 0 Å². The monoisotopic (exact) mass is 362 g/mol. The number of hydrogen-bond acceptors (Lipinski definition) is 3. The molecule has 0 fully saturated rings. The van der Waals surface area contributed by atoms with Crippen LogP contribution in [-0.2, 0) is 4.79 Å². The SMILES string of the molecule is Cc1ccc(O)c(NC(=S)NC(=O)/C=C/c2cccc3ccccc23)c1. The quantitative estimate of drug-likeness (QED) is 0.368. The Morgan fingerprint density at radius 2 is 1.85 bits per heavy atom. The number of carbonyl (C=O) groups excluding carboxylic acids is 1. The second-order valence-electron chi connectivity index (χ2n) is 5.87. The van der Waals surface area contributed by atoms with Gasteiger partial charge in [-0.25, -0.2) is 0 Å². The molecular formula is C21H18N2O2S. The van der Waals surface area contributed by atoms with Gasteiger partial charge in [-0.15, -0.1) is 0 Å². The summed E-state index contributed by atoms with van der Waals surface area (Å²) in [6.07, 6.45) is 3.19. The van der Waals surface area contributed by atoms with Gasteiger partial charge >= 0.3 is 0 Å². The molecule has 0 radical (unpaired) electrons. The van der Waals surface area contributed by atoms with Crippen LogP contribution in [-0.4, -0.2) is 16.1 Å². The van der Waals surface area contributed by atoms with Crippen LogP contribution in [0.4, 0.5) is 5.69 Å². The molecule has 0 aliphatic rings. The highest BCUT2D eigenvalue weighted by molar-refractivity contribution is 7.80. The normalized spacial score (nSPS) is 10.8. The van der Waals surface area contributed by atoms with Crippen molar-refractivity contribution in [3.05, 3.63) is 77.9 Å². The van der Waals surface area contributed by atoms with Gasteiger partial charge in [0.15, 0.2) is 5.11 Å². The third-order valence-corrected chi connectivity index (χ3v) is 4.08. The first-order valence-electron chi connectivity index (χ1n) is 8.10. The molecule has 1 amide bonds. The number of aryl methyl sites for hydroxylation is 1. The van der Waals surface area contributed by atoms with Gasteiger partial charge in [0.05, 0.1) is 5.69 Å². The van der Waals surface area contributed by atoms with Gasteiger partial charge in [-0.3, -0.25) is 10.1 Å². The van der Waals surface area contributed by atoms with E-state index in [1.54, 1.807) is 24.3 Å². The van der Waals surface area contributed by atoms with E-state index in [9.17, 15) is 9.90 Å². The fraction of sp³-hybridized carbons (Fsp3) is 0.0476. The standard InChI is InChI=1S/C21H18N2O2S/c1-14-9-11-19(24)18(13-14)22-21(26)23-20(25)12-10-16-7-4-6-15-5-2-3-8-17(15)16/h2-13,24H,1H3,(H2,22,23,25,26)/b12-10+. The average Bonchev–Trinajstić information content (AvgIpc) is 2.63. The molecule has 0 saturated carbocycles. The minimum atomic E-state index is -0.345. The first kappa shape index (κ1) is 17.6. The molecule has 4 nitrogen and oxygen atoms in total. The van der Waals surface area contributed by atoms with Crippen molar-refractivity contribution in [3.63, 3.8) is 0 Å². The van der Waals surface area contributed by atoms with Crippen molar-refractivity contribution in [1.29, 1.82) is 0 Å². The smallest absolute Gasteiger partial charge is 0.250 e. The van der Waals surface area contributed by atoms with Gasteiger partial charge < -0.3 is 10.4 Å². The molecule has 0 aromatic heterocycles. The number of thiocarbonyl (C=S) groups is 1. The number of nitrogens with one attached hydrogen (secondary N) is 2. The molecule has 0 heterocycles. The maximum Gasteiger partial charge on any atom is 0.250 e. The van der Waals surface area contributed by atoms with Crippen LogP contribution >= 0.6 is 12.2 Å². The van der Waals surface area contributed by atoms with Crippen LogP contribution < -0.4 is 10.6 Å². The van der Waals surface area contributed by atoms with Gasteiger partial charge in [0.25, 0.3) is 0 Å². The molecule has 0 unspecified atom stereocenters. The summed E-state index contributed by atoms with van der Waals surface area (Å²) < 4.78 is 0. The molecular weight excluding hydrogens is 344 g/mol. The Morgan fingerprint density at radius 1 is 1.08 bits per heavy atom. The van der Waals surface area contributed by atoms with E-state index < -0.39 is 0 Å². The Hall–Kier alpha value is -3.18. The zero-order valence-electron chi connectivity index (χ0n) is 14.2. The lowest BCUT2D eigenvalue weighted by Crippen LogP contribution is -2.32. The number of hydrogen-bond donors (Lipinski definition) is 3. The number of benzene rings is 3. The molecule has 0 bridgehead atoms. The number of rotatable bonds is 3. The number of anilines is 1. The molecule has 0 atom stereocenters. The number of amides is 1. The van der Waals surface area contributed by atoms with Gasteiger partial charge in [0.2, 0.25) is 5.91 Å². The first-order chi connectivity index (χ1) is 12.5. The van der Waals surface area contributed by atoms with E-state index in [0.29, 0.717) is 5.69 Å². The zero-order valence-corrected chi connectivity index (χ0v) is 15.0. The zero-order chi connectivity index (χ0) is 18.5. The Bertz CT molecular complexity index is 1010. The lowest BCUT2D eigenvalue weighted by molar-refractivity contribution is -0.115. The minimum Gasteiger partial charge on any atom is -0.506 e. The molecule has 5 heteroatoms. The maximum absolute atomic E-state index is 12.1. The third-order valence-electron chi connectivity index (χ3n) is 3.87. The summed E-state index contributed by atoms with van der Waals surface area (Å²) in [5.74, 6) is -0.277. The lowest BCUT2D eigenvalue weighted by atomic mass is 10.0. The van der Waals surface area contributed by atoms with E-state index in [1.165, 1.54) is 6.08 Å². The van der Waals surface area contributed by atoms with Gasteiger partial charge in [-0.05, 0) is 59.2 Å². The Labute approximate surface area is 157 Å². The maximum atomic E-state index is 12.1. The van der Waals surface area contributed by atoms with Crippen molar-refractivity contribution in [3.8, 4) is 5.75 Å². The second kappa shape index (κ2) is 7.80. The summed E-state index contributed by atoms with van der Waals surface area (Å²) in [6, 6.07) is 19.0. The van der Waals surface area contributed by atoms with Crippen molar-refractivity contribution in [2.45, 2.75) is 6.92 Å². The van der Waals surface area contributed by atoms with Crippen molar-refractivity contribution < 1.29 is 9.90 Å². The molecule has 26 heavy (non-hydrogen) atoms. The van der Waals surface area contributed by atoms with Gasteiger partial charge in [-0.2, -0.15) is 0 Å². The predicted molar refractivity (Wildman–Crippen MR) is 110 cm³/mol. The van der Waals surface area contributed by atoms with Crippen LogP contribution in [0.25, 0.3) is 16.8 Å². The second-order valence-corrected chi connectivity index (χ2v) is 6.27. The molecule has 130 valence electrons. The summed E-state index contributed by atoms with van der Waals surface area (Å²) in [4.78, 5) is 12.1. The fourth-order valence-electron chi connectivity index (χ4n) is 2.62. The summed E-state index contributed by atoms with van der Waals surface area (Å²) in [7, 11) is 0. The number of aromatic hydroxyl groups is 1. The van der Waals surface area contributed by atoms with E-state index in [-0.39, 0.29) is 16.8 Å². The van der Waals surface area contributed by atoms with E-state index in [2.05, 4.69) is 10.6 Å². The summed E-state index contributed by atoms with van der Waals surface area (Å²) >= 11 is 5.14. The molecule has 3 aromatic carbocycles. The molecule has 0 spiro atoms.